The van der Waals surface area contributed by atoms with E-state index in [0.717, 1.165) is 47.5 Å². The molecule has 0 saturated heterocycles. The van der Waals surface area contributed by atoms with Crippen molar-refractivity contribution in [3.63, 3.8) is 0 Å². The van der Waals surface area contributed by atoms with Crippen LogP contribution in [0.3, 0.4) is 0 Å². The van der Waals surface area contributed by atoms with Crippen molar-refractivity contribution in [3.8, 4) is 0 Å². The Morgan fingerprint density at radius 2 is 2.12 bits per heavy atom. The number of carbonyl (C=O) groups is 2. The highest BCUT2D eigenvalue weighted by atomic mass is 32.1. The molecule has 1 amide bonds. The number of hydrogen-bond donors (Lipinski definition) is 2. The molecule has 128 valence electrons. The van der Waals surface area contributed by atoms with E-state index in [1.807, 2.05) is 31.2 Å². The van der Waals surface area contributed by atoms with E-state index in [-0.39, 0.29) is 0 Å². The molecular formula is C18H18N4O2S. The Hall–Kier alpha value is -2.51. The Balaban J connectivity index is 1.76. The number of aromatic nitrogens is 2. The number of amides is 1. The second-order valence-electron chi connectivity index (χ2n) is 6.05. The molecule has 0 saturated carbocycles. The van der Waals surface area contributed by atoms with Crippen LogP contribution in [0.15, 0.2) is 30.5 Å². The predicted octanol–water partition coefficient (Wildman–Crippen LogP) is 2.37. The third kappa shape index (κ3) is 2.85. The van der Waals surface area contributed by atoms with Gasteiger partial charge >= 0.3 is 0 Å². The number of rotatable bonds is 3. The van der Waals surface area contributed by atoms with Crippen molar-refractivity contribution in [2.45, 2.75) is 19.9 Å². The lowest BCUT2D eigenvalue weighted by Gasteiger charge is -2.06. The highest BCUT2D eigenvalue weighted by Crippen LogP contribution is 2.28. The van der Waals surface area contributed by atoms with Crippen LogP contribution in [0.5, 0.6) is 0 Å². The number of fused-ring (bicyclic) bond motifs is 3. The van der Waals surface area contributed by atoms with E-state index < -0.39 is 11.7 Å². The van der Waals surface area contributed by atoms with Crippen LogP contribution in [0.1, 0.15) is 20.9 Å². The summed E-state index contributed by atoms with van der Waals surface area (Å²) in [6.45, 7) is 4.34. The maximum atomic E-state index is 12.9. The maximum absolute atomic E-state index is 12.9. The number of hydrogen-bond acceptors (Lipinski definition) is 5. The summed E-state index contributed by atoms with van der Waals surface area (Å²) in [7, 11) is 0. The van der Waals surface area contributed by atoms with Gasteiger partial charge in [-0.3, -0.25) is 14.9 Å². The van der Waals surface area contributed by atoms with Crippen molar-refractivity contribution in [1.29, 1.82) is 0 Å². The molecule has 1 aliphatic rings. The molecule has 2 aromatic heterocycles. The first kappa shape index (κ1) is 16.0. The zero-order valence-corrected chi connectivity index (χ0v) is 14.7. The van der Waals surface area contributed by atoms with Crippen molar-refractivity contribution in [3.05, 3.63) is 46.6 Å². The molecule has 1 aromatic carbocycles. The summed E-state index contributed by atoms with van der Waals surface area (Å²) in [4.78, 5) is 30.5. The number of carbonyl (C=O) groups excluding carboxylic acids is 2. The molecule has 0 aliphatic carbocycles. The average Bonchev–Trinajstić information content (AvgIpc) is 3.05. The minimum Gasteiger partial charge on any atom is -0.343 e. The summed E-state index contributed by atoms with van der Waals surface area (Å²) < 4.78 is 2.16. The summed E-state index contributed by atoms with van der Waals surface area (Å²) >= 11 is 1.36. The first-order valence-corrected chi connectivity index (χ1v) is 9.05. The number of para-hydroxylation sites is 1. The van der Waals surface area contributed by atoms with Gasteiger partial charge in [0.1, 0.15) is 0 Å². The van der Waals surface area contributed by atoms with Gasteiger partial charge in [-0.1, -0.05) is 18.2 Å². The van der Waals surface area contributed by atoms with Crippen molar-refractivity contribution in [2.75, 3.05) is 18.4 Å². The summed E-state index contributed by atoms with van der Waals surface area (Å²) in [5.41, 5.74) is 2.45. The summed E-state index contributed by atoms with van der Waals surface area (Å²) in [6.07, 6.45) is 2.40. The molecule has 25 heavy (non-hydrogen) atoms. The standard InChI is InChI=1S/C18H18N4O2S/c1-11-10-20-18(25-11)21-17(24)16(23)15-12-4-2-3-5-13(12)22-9-8-19-7-6-14(15)22/h2-5,10,19H,6-9H2,1H3,(H,20,21,24). The van der Waals surface area contributed by atoms with Crippen molar-refractivity contribution in [2.24, 2.45) is 0 Å². The van der Waals surface area contributed by atoms with E-state index in [1.54, 1.807) is 6.20 Å². The van der Waals surface area contributed by atoms with E-state index in [4.69, 9.17) is 0 Å². The van der Waals surface area contributed by atoms with Crippen LogP contribution >= 0.6 is 11.3 Å². The van der Waals surface area contributed by atoms with Gasteiger partial charge in [0.15, 0.2) is 5.13 Å². The van der Waals surface area contributed by atoms with Gasteiger partial charge in [-0.05, 0) is 13.0 Å². The lowest BCUT2D eigenvalue weighted by molar-refractivity contribution is -0.112. The first-order valence-electron chi connectivity index (χ1n) is 8.24. The van der Waals surface area contributed by atoms with Crippen molar-refractivity contribution in [1.82, 2.24) is 14.9 Å². The largest absolute Gasteiger partial charge is 0.343 e. The molecule has 0 spiro atoms. The molecule has 0 unspecified atom stereocenters. The van der Waals surface area contributed by atoms with Crippen LogP contribution in [0.25, 0.3) is 10.9 Å². The Labute approximate surface area is 148 Å². The number of nitrogens with zero attached hydrogens (tertiary/aromatic N) is 2. The Morgan fingerprint density at radius 3 is 2.92 bits per heavy atom. The monoisotopic (exact) mass is 354 g/mol. The minimum absolute atomic E-state index is 0.451. The summed E-state index contributed by atoms with van der Waals surface area (Å²) in [5.74, 6) is -1.13. The van der Waals surface area contributed by atoms with E-state index >= 15 is 0 Å². The number of ketones is 1. The van der Waals surface area contributed by atoms with Gasteiger partial charge in [0.05, 0.1) is 5.56 Å². The van der Waals surface area contributed by atoms with Gasteiger partial charge in [0.25, 0.3) is 11.7 Å². The van der Waals surface area contributed by atoms with Crippen LogP contribution in [0, 0.1) is 6.92 Å². The number of benzene rings is 1. The maximum Gasteiger partial charge on any atom is 0.298 e. The molecule has 3 aromatic rings. The Morgan fingerprint density at radius 1 is 1.28 bits per heavy atom. The van der Waals surface area contributed by atoms with Crippen LogP contribution in [-0.2, 0) is 17.8 Å². The number of nitrogens with one attached hydrogen (secondary N) is 2. The van der Waals surface area contributed by atoms with Crippen molar-refractivity contribution >= 4 is 39.1 Å². The molecule has 2 N–H and O–H groups in total. The topological polar surface area (TPSA) is 76.0 Å². The van der Waals surface area contributed by atoms with Gasteiger partial charge in [-0.25, -0.2) is 4.98 Å². The number of Topliss-reactive ketones (excluding diaryl/α,β-unsaturated/α-hetero) is 1. The minimum atomic E-state index is -0.634. The molecule has 0 radical (unpaired) electrons. The third-order valence-corrected chi connectivity index (χ3v) is 5.23. The molecule has 0 bridgehead atoms. The van der Waals surface area contributed by atoms with Crippen LogP contribution < -0.4 is 10.6 Å². The zero-order chi connectivity index (χ0) is 17.4. The quantitative estimate of drug-likeness (QED) is 0.559. The molecule has 6 nitrogen and oxygen atoms in total. The lowest BCUT2D eigenvalue weighted by Crippen LogP contribution is -2.24. The smallest absolute Gasteiger partial charge is 0.298 e. The second-order valence-corrected chi connectivity index (χ2v) is 7.28. The fourth-order valence-electron chi connectivity index (χ4n) is 3.33. The van der Waals surface area contributed by atoms with E-state index in [1.165, 1.54) is 11.3 Å². The van der Waals surface area contributed by atoms with Gasteiger partial charge in [0, 0.05) is 53.7 Å². The first-order chi connectivity index (χ1) is 12.1. The lowest BCUT2D eigenvalue weighted by atomic mass is 10.0. The summed E-state index contributed by atoms with van der Waals surface area (Å²) in [6, 6.07) is 7.78. The fraction of sp³-hybridized carbons (Fsp3) is 0.278. The number of thiazole rings is 1. The highest BCUT2D eigenvalue weighted by Gasteiger charge is 2.27. The van der Waals surface area contributed by atoms with Crippen LogP contribution in [0.4, 0.5) is 5.13 Å². The highest BCUT2D eigenvalue weighted by molar-refractivity contribution is 7.15. The number of anilines is 1. The Kier molecular flexibility index (Phi) is 4.10. The van der Waals surface area contributed by atoms with Crippen LogP contribution in [-0.4, -0.2) is 34.3 Å². The molecular weight excluding hydrogens is 336 g/mol. The Bertz CT molecular complexity index is 973. The molecule has 1 aliphatic heterocycles. The van der Waals surface area contributed by atoms with Gasteiger partial charge in [-0.2, -0.15) is 0 Å². The SMILES string of the molecule is Cc1cnc(NC(=O)C(=O)c2c3n(c4ccccc24)CCNCC3)s1. The molecule has 3 heterocycles. The molecule has 7 heteroatoms. The van der Waals surface area contributed by atoms with Crippen molar-refractivity contribution < 1.29 is 9.59 Å². The zero-order valence-electron chi connectivity index (χ0n) is 13.8. The third-order valence-electron chi connectivity index (χ3n) is 4.40. The van der Waals surface area contributed by atoms with Gasteiger partial charge in [-0.15, -0.1) is 11.3 Å². The summed E-state index contributed by atoms with van der Waals surface area (Å²) in [5, 5.41) is 7.27. The molecule has 0 atom stereocenters. The van der Waals surface area contributed by atoms with E-state index in [9.17, 15) is 9.59 Å². The van der Waals surface area contributed by atoms with Gasteiger partial charge < -0.3 is 9.88 Å². The van der Waals surface area contributed by atoms with Crippen LogP contribution in [0.2, 0.25) is 0 Å². The molecule has 4 rings (SSSR count). The van der Waals surface area contributed by atoms with Gasteiger partial charge in [0.2, 0.25) is 0 Å². The van der Waals surface area contributed by atoms with E-state index in [2.05, 4.69) is 20.2 Å². The normalized spacial score (nSPS) is 14.1. The number of aryl methyl sites for hydroxylation is 1. The predicted molar refractivity (Wildman–Crippen MR) is 98.3 cm³/mol. The fourth-order valence-corrected chi connectivity index (χ4v) is 3.99. The van der Waals surface area contributed by atoms with E-state index in [0.29, 0.717) is 10.7 Å². The second kappa shape index (κ2) is 6.42. The average molecular weight is 354 g/mol. The molecule has 0 fully saturated rings.